The van der Waals surface area contributed by atoms with Crippen LogP contribution in [0.3, 0.4) is 0 Å². The zero-order valence-electron chi connectivity index (χ0n) is 12.1. The highest BCUT2D eigenvalue weighted by atomic mass is 79.9. The molecule has 0 saturated carbocycles. The maximum absolute atomic E-state index is 5.67. The molecule has 0 radical (unpaired) electrons. The first-order valence-corrected chi connectivity index (χ1v) is 7.27. The van der Waals surface area contributed by atoms with Crippen LogP contribution in [0.2, 0.25) is 0 Å². The van der Waals surface area contributed by atoms with Crippen molar-refractivity contribution in [2.75, 3.05) is 6.61 Å². The summed E-state index contributed by atoms with van der Waals surface area (Å²) in [6, 6.07) is 6.19. The second-order valence-electron chi connectivity index (χ2n) is 5.39. The lowest BCUT2D eigenvalue weighted by Crippen LogP contribution is -2.35. The Morgan fingerprint density at radius 2 is 2.05 bits per heavy atom. The van der Waals surface area contributed by atoms with E-state index in [1.54, 1.807) is 0 Å². The molecule has 1 N–H and O–H groups in total. The summed E-state index contributed by atoms with van der Waals surface area (Å²) in [7, 11) is 0. The Bertz CT molecular complexity index is 466. The van der Waals surface area contributed by atoms with E-state index in [9.17, 15) is 0 Å². The molecule has 0 aliphatic carbocycles. The van der Waals surface area contributed by atoms with Crippen LogP contribution in [0.15, 0.2) is 22.7 Å². The third-order valence-electron chi connectivity index (χ3n) is 2.48. The molecular formula is C16H22BrNO. The predicted octanol–water partition coefficient (Wildman–Crippen LogP) is 4.13. The predicted molar refractivity (Wildman–Crippen MR) is 84.3 cm³/mol. The molecule has 1 aromatic rings. The van der Waals surface area contributed by atoms with Crippen molar-refractivity contribution in [3.63, 3.8) is 0 Å². The van der Waals surface area contributed by atoms with Crippen molar-refractivity contribution in [3.05, 3.63) is 28.2 Å². The highest BCUT2D eigenvalue weighted by Gasteiger charge is 2.09. The fourth-order valence-corrected chi connectivity index (χ4v) is 2.02. The molecule has 0 aliphatic rings. The molecule has 104 valence electrons. The molecule has 0 amide bonds. The molecule has 0 aliphatic heterocycles. The topological polar surface area (TPSA) is 21.3 Å². The quantitative estimate of drug-likeness (QED) is 0.649. The number of halogens is 1. The Morgan fingerprint density at radius 3 is 2.63 bits per heavy atom. The molecule has 0 atom stereocenters. The van der Waals surface area contributed by atoms with E-state index in [2.05, 4.69) is 66.0 Å². The van der Waals surface area contributed by atoms with E-state index in [1.807, 2.05) is 13.0 Å². The Hall–Kier alpha value is -0.980. The minimum atomic E-state index is 0.125. The van der Waals surface area contributed by atoms with Crippen LogP contribution in [0.1, 0.15) is 39.7 Å². The van der Waals surface area contributed by atoms with Crippen molar-refractivity contribution in [1.82, 2.24) is 5.32 Å². The maximum atomic E-state index is 5.67. The van der Waals surface area contributed by atoms with Crippen LogP contribution in [-0.4, -0.2) is 12.1 Å². The summed E-state index contributed by atoms with van der Waals surface area (Å²) in [5, 5.41) is 3.46. The summed E-state index contributed by atoms with van der Waals surface area (Å²) in [6.45, 7) is 9.80. The molecule has 1 rings (SSSR count). The maximum Gasteiger partial charge on any atom is 0.133 e. The Kier molecular flexibility index (Phi) is 6.41. The lowest BCUT2D eigenvalue weighted by molar-refractivity contribution is 0.325. The van der Waals surface area contributed by atoms with E-state index in [-0.39, 0.29) is 5.54 Å². The first kappa shape index (κ1) is 16.1. The van der Waals surface area contributed by atoms with E-state index in [1.165, 1.54) is 5.56 Å². The molecule has 0 spiro atoms. The lowest BCUT2D eigenvalue weighted by Gasteiger charge is -2.20. The Balaban J connectivity index is 2.55. The van der Waals surface area contributed by atoms with Crippen molar-refractivity contribution in [3.8, 4) is 17.6 Å². The number of benzene rings is 1. The lowest BCUT2D eigenvalue weighted by atomic mass is 10.1. The van der Waals surface area contributed by atoms with Gasteiger partial charge in [-0.3, -0.25) is 0 Å². The van der Waals surface area contributed by atoms with Crippen LogP contribution < -0.4 is 10.1 Å². The highest BCUT2D eigenvalue weighted by Crippen LogP contribution is 2.26. The minimum absolute atomic E-state index is 0.125. The molecule has 0 fully saturated rings. The van der Waals surface area contributed by atoms with Gasteiger partial charge in [-0.2, -0.15) is 0 Å². The number of rotatable bonds is 5. The molecule has 2 nitrogen and oxygen atoms in total. The van der Waals surface area contributed by atoms with Crippen molar-refractivity contribution in [2.24, 2.45) is 0 Å². The first-order valence-electron chi connectivity index (χ1n) is 6.48. The SMILES string of the molecule is CC#CCCOc1ccc(CNC(C)(C)C)cc1Br. The first-order chi connectivity index (χ1) is 8.92. The minimum Gasteiger partial charge on any atom is -0.491 e. The van der Waals surface area contributed by atoms with Gasteiger partial charge in [0.25, 0.3) is 0 Å². The molecule has 3 heteroatoms. The molecular weight excluding hydrogens is 302 g/mol. The summed E-state index contributed by atoms with van der Waals surface area (Å²) >= 11 is 3.55. The number of nitrogens with one attached hydrogen (secondary N) is 1. The van der Waals surface area contributed by atoms with Crippen LogP contribution in [0, 0.1) is 11.8 Å². The van der Waals surface area contributed by atoms with Crippen LogP contribution in [-0.2, 0) is 6.54 Å². The van der Waals surface area contributed by atoms with Gasteiger partial charge in [-0.05, 0) is 61.3 Å². The van der Waals surface area contributed by atoms with Crippen LogP contribution in [0.4, 0.5) is 0 Å². The summed E-state index contributed by atoms with van der Waals surface area (Å²) < 4.78 is 6.66. The fourth-order valence-electron chi connectivity index (χ4n) is 1.48. The second-order valence-corrected chi connectivity index (χ2v) is 6.25. The summed E-state index contributed by atoms with van der Waals surface area (Å²) in [4.78, 5) is 0. The molecule has 0 bridgehead atoms. The highest BCUT2D eigenvalue weighted by molar-refractivity contribution is 9.10. The van der Waals surface area contributed by atoms with Crippen molar-refractivity contribution in [2.45, 2.75) is 46.2 Å². The standard InChI is InChI=1S/C16H22BrNO/c1-5-6-7-10-19-15-9-8-13(11-14(15)17)12-18-16(2,3)4/h8-9,11,18H,7,10,12H2,1-4H3. The average molecular weight is 324 g/mol. The summed E-state index contributed by atoms with van der Waals surface area (Å²) in [6.07, 6.45) is 0.760. The van der Waals surface area contributed by atoms with E-state index in [4.69, 9.17) is 4.74 Å². The van der Waals surface area contributed by atoms with Gasteiger partial charge in [-0.1, -0.05) is 6.07 Å². The van der Waals surface area contributed by atoms with E-state index >= 15 is 0 Å². The third kappa shape index (κ3) is 6.66. The monoisotopic (exact) mass is 323 g/mol. The molecule has 19 heavy (non-hydrogen) atoms. The van der Waals surface area contributed by atoms with Crippen molar-refractivity contribution < 1.29 is 4.74 Å². The van der Waals surface area contributed by atoms with Gasteiger partial charge in [0.15, 0.2) is 0 Å². The number of hydrogen-bond acceptors (Lipinski definition) is 2. The largest absolute Gasteiger partial charge is 0.491 e. The van der Waals surface area contributed by atoms with Gasteiger partial charge in [0.2, 0.25) is 0 Å². The second kappa shape index (κ2) is 7.57. The van der Waals surface area contributed by atoms with Gasteiger partial charge >= 0.3 is 0 Å². The van der Waals surface area contributed by atoms with Gasteiger partial charge < -0.3 is 10.1 Å². The zero-order chi connectivity index (χ0) is 14.3. The summed E-state index contributed by atoms with van der Waals surface area (Å²) in [5.74, 6) is 6.72. The van der Waals surface area contributed by atoms with Crippen molar-refractivity contribution in [1.29, 1.82) is 0 Å². The third-order valence-corrected chi connectivity index (χ3v) is 3.10. The van der Waals surface area contributed by atoms with Gasteiger partial charge in [0.1, 0.15) is 5.75 Å². The van der Waals surface area contributed by atoms with Gasteiger partial charge in [-0.25, -0.2) is 0 Å². The molecule has 1 aromatic carbocycles. The van der Waals surface area contributed by atoms with Gasteiger partial charge in [-0.15, -0.1) is 11.8 Å². The van der Waals surface area contributed by atoms with E-state index < -0.39 is 0 Å². The fraction of sp³-hybridized carbons (Fsp3) is 0.500. The van der Waals surface area contributed by atoms with E-state index in [0.29, 0.717) is 6.61 Å². The van der Waals surface area contributed by atoms with Crippen LogP contribution in [0.5, 0.6) is 5.75 Å². The summed E-state index contributed by atoms with van der Waals surface area (Å²) in [5.41, 5.74) is 1.36. The normalized spacial score (nSPS) is 10.8. The van der Waals surface area contributed by atoms with Crippen LogP contribution >= 0.6 is 15.9 Å². The van der Waals surface area contributed by atoms with Gasteiger partial charge in [0, 0.05) is 18.5 Å². The number of hydrogen-bond donors (Lipinski definition) is 1. The smallest absolute Gasteiger partial charge is 0.133 e. The molecule has 0 heterocycles. The molecule has 0 aromatic heterocycles. The zero-order valence-corrected chi connectivity index (χ0v) is 13.7. The molecule has 0 saturated heterocycles. The number of ether oxygens (including phenoxy) is 1. The Morgan fingerprint density at radius 1 is 1.32 bits per heavy atom. The van der Waals surface area contributed by atoms with Crippen LogP contribution in [0.25, 0.3) is 0 Å². The average Bonchev–Trinajstić information content (AvgIpc) is 2.33. The van der Waals surface area contributed by atoms with E-state index in [0.717, 1.165) is 23.2 Å². The van der Waals surface area contributed by atoms with Gasteiger partial charge in [0.05, 0.1) is 11.1 Å². The molecule has 0 unspecified atom stereocenters. The van der Waals surface area contributed by atoms with Crippen molar-refractivity contribution >= 4 is 15.9 Å². The Labute approximate surface area is 125 Å².